The first-order valence-corrected chi connectivity index (χ1v) is 9.64. The fourth-order valence-corrected chi connectivity index (χ4v) is 2.82. The number of hydrogen-bond acceptors (Lipinski definition) is 3. The Bertz CT molecular complexity index is 679. The van der Waals surface area contributed by atoms with E-state index in [4.69, 9.17) is 4.74 Å². The molecule has 0 spiro atoms. The number of carbonyl (C=O) groups excluding carboxylic acids is 1. The highest BCUT2D eigenvalue weighted by molar-refractivity contribution is 7.82. The lowest BCUT2D eigenvalue weighted by molar-refractivity contribution is 0.191. The van der Waals surface area contributed by atoms with E-state index < -0.39 is 0 Å². The van der Waals surface area contributed by atoms with Gasteiger partial charge in [-0.25, -0.2) is 9.10 Å². The summed E-state index contributed by atoms with van der Waals surface area (Å²) in [6.07, 6.45) is 4.04. The van der Waals surface area contributed by atoms with Gasteiger partial charge in [0, 0.05) is 12.6 Å². The molecule has 1 unspecified atom stereocenters. The maximum absolute atomic E-state index is 12.1. The number of carbonyl (C=O) groups is 1. The van der Waals surface area contributed by atoms with Crippen molar-refractivity contribution in [2.45, 2.75) is 45.6 Å². The number of ether oxygens (including phenoxy) is 1. The van der Waals surface area contributed by atoms with E-state index in [0.29, 0.717) is 12.2 Å². The van der Waals surface area contributed by atoms with Gasteiger partial charge in [0.2, 0.25) is 0 Å². The summed E-state index contributed by atoms with van der Waals surface area (Å²) in [6.45, 7) is 4.81. The molecule has 140 valence electrons. The van der Waals surface area contributed by atoms with Gasteiger partial charge in [-0.2, -0.15) is 0 Å². The molecule has 1 N–H and O–H groups in total. The van der Waals surface area contributed by atoms with E-state index in [0.717, 1.165) is 37.0 Å². The van der Waals surface area contributed by atoms with E-state index in [-0.39, 0.29) is 12.1 Å². The van der Waals surface area contributed by atoms with E-state index in [1.807, 2.05) is 49.4 Å². The second-order valence-corrected chi connectivity index (χ2v) is 6.60. The minimum Gasteiger partial charge on any atom is -0.486 e. The van der Waals surface area contributed by atoms with E-state index in [2.05, 4.69) is 37.2 Å². The summed E-state index contributed by atoms with van der Waals surface area (Å²) >= 11 is 4.32. The Morgan fingerprint density at radius 1 is 1.12 bits per heavy atom. The molecule has 2 amide bonds. The van der Waals surface area contributed by atoms with Crippen LogP contribution in [0.3, 0.4) is 0 Å². The first-order valence-electron chi connectivity index (χ1n) is 9.24. The van der Waals surface area contributed by atoms with Crippen molar-refractivity contribution in [1.82, 2.24) is 5.32 Å². The van der Waals surface area contributed by atoms with Gasteiger partial charge in [-0.1, -0.05) is 69.5 Å². The molecular weight excluding hydrogens is 344 g/mol. The van der Waals surface area contributed by atoms with Crippen molar-refractivity contribution >= 4 is 24.5 Å². The maximum atomic E-state index is 12.1. The number of nitrogens with zero attached hydrogens (tertiary/aromatic N) is 1. The standard InChI is InChI=1S/C21H28N2O2S/c1-3-5-14-20(17-10-7-6-8-11-17)25-19-13-9-12-18(16-19)23(26)21(24)22-15-4-2/h6-13,16,20,26H,3-5,14-15H2,1-2H3,(H,22,24). The third-order valence-corrected chi connectivity index (χ3v) is 4.46. The van der Waals surface area contributed by atoms with Crippen molar-refractivity contribution in [2.24, 2.45) is 0 Å². The van der Waals surface area contributed by atoms with Crippen molar-refractivity contribution in [3.05, 3.63) is 60.2 Å². The minimum absolute atomic E-state index is 0.00585. The molecule has 26 heavy (non-hydrogen) atoms. The molecule has 4 nitrogen and oxygen atoms in total. The quantitative estimate of drug-likeness (QED) is 0.549. The number of urea groups is 1. The van der Waals surface area contributed by atoms with E-state index in [1.165, 1.54) is 4.31 Å². The monoisotopic (exact) mass is 372 g/mol. The Morgan fingerprint density at radius 3 is 2.58 bits per heavy atom. The molecule has 5 heteroatoms. The predicted molar refractivity (Wildman–Crippen MR) is 111 cm³/mol. The van der Waals surface area contributed by atoms with Crippen LogP contribution in [0.15, 0.2) is 54.6 Å². The second kappa shape index (κ2) is 10.8. The van der Waals surface area contributed by atoms with Gasteiger partial charge in [0.1, 0.15) is 11.9 Å². The molecule has 0 fully saturated rings. The molecule has 0 aliphatic rings. The normalized spacial score (nSPS) is 11.7. The SMILES string of the molecule is CCCCC(Oc1cccc(N(S)C(=O)NCCC)c1)c1ccccc1. The molecule has 0 aliphatic carbocycles. The Balaban J connectivity index is 2.13. The molecule has 2 aromatic rings. The molecular formula is C21H28N2O2S. The Labute approximate surface area is 162 Å². The van der Waals surface area contributed by atoms with Gasteiger partial charge in [-0.05, 0) is 37.0 Å². The predicted octanol–water partition coefficient (Wildman–Crippen LogP) is 5.77. The zero-order valence-corrected chi connectivity index (χ0v) is 16.4. The van der Waals surface area contributed by atoms with Crippen LogP contribution in [0.25, 0.3) is 0 Å². The van der Waals surface area contributed by atoms with Gasteiger partial charge in [0.15, 0.2) is 0 Å². The fourth-order valence-electron chi connectivity index (χ4n) is 2.63. The largest absolute Gasteiger partial charge is 0.486 e. The summed E-state index contributed by atoms with van der Waals surface area (Å²) in [4.78, 5) is 12.1. The molecule has 0 saturated carbocycles. The number of unbranched alkanes of at least 4 members (excludes halogenated alkanes) is 1. The first kappa shape index (κ1) is 20.2. The van der Waals surface area contributed by atoms with Gasteiger partial charge in [0.25, 0.3) is 0 Å². The molecule has 2 aromatic carbocycles. The Morgan fingerprint density at radius 2 is 1.88 bits per heavy atom. The molecule has 1 atom stereocenters. The molecule has 0 bridgehead atoms. The molecule has 0 saturated heterocycles. The van der Waals surface area contributed by atoms with Crippen LogP contribution in [0, 0.1) is 0 Å². The number of hydrogen-bond donors (Lipinski definition) is 2. The lowest BCUT2D eigenvalue weighted by Crippen LogP contribution is -2.34. The number of rotatable bonds is 9. The van der Waals surface area contributed by atoms with Crippen LogP contribution in [-0.4, -0.2) is 12.6 Å². The van der Waals surface area contributed by atoms with Gasteiger partial charge in [-0.15, -0.1) is 0 Å². The van der Waals surface area contributed by atoms with Crippen LogP contribution in [0.1, 0.15) is 51.2 Å². The highest BCUT2D eigenvalue weighted by atomic mass is 32.1. The summed E-state index contributed by atoms with van der Waals surface area (Å²) in [7, 11) is 0. The highest BCUT2D eigenvalue weighted by Gasteiger charge is 2.15. The minimum atomic E-state index is -0.238. The lowest BCUT2D eigenvalue weighted by Gasteiger charge is -2.21. The zero-order valence-electron chi connectivity index (χ0n) is 15.5. The van der Waals surface area contributed by atoms with Crippen molar-refractivity contribution in [3.63, 3.8) is 0 Å². The Hall–Kier alpha value is -2.14. The zero-order chi connectivity index (χ0) is 18.8. The summed E-state index contributed by atoms with van der Waals surface area (Å²) < 4.78 is 7.57. The fraction of sp³-hybridized carbons (Fsp3) is 0.381. The smallest absolute Gasteiger partial charge is 0.331 e. The van der Waals surface area contributed by atoms with Gasteiger partial charge in [0.05, 0.1) is 5.69 Å². The third-order valence-electron chi connectivity index (χ3n) is 4.05. The average Bonchev–Trinajstić information content (AvgIpc) is 2.69. The second-order valence-electron chi connectivity index (χ2n) is 6.20. The van der Waals surface area contributed by atoms with Crippen LogP contribution >= 0.6 is 12.8 Å². The number of anilines is 1. The van der Waals surface area contributed by atoms with Crippen LogP contribution in [-0.2, 0) is 0 Å². The first-order chi connectivity index (χ1) is 12.7. The summed E-state index contributed by atoms with van der Waals surface area (Å²) in [5.74, 6) is 0.731. The van der Waals surface area contributed by atoms with Crippen molar-refractivity contribution < 1.29 is 9.53 Å². The Kier molecular flexibility index (Phi) is 8.35. The van der Waals surface area contributed by atoms with Gasteiger partial charge >= 0.3 is 6.03 Å². The van der Waals surface area contributed by atoms with Crippen molar-refractivity contribution in [2.75, 3.05) is 10.8 Å². The molecule has 0 aromatic heterocycles. The number of thiol groups is 1. The van der Waals surface area contributed by atoms with E-state index in [9.17, 15) is 4.79 Å². The average molecular weight is 373 g/mol. The maximum Gasteiger partial charge on any atom is 0.331 e. The molecule has 2 rings (SSSR count). The van der Waals surface area contributed by atoms with Crippen molar-refractivity contribution in [3.8, 4) is 5.75 Å². The highest BCUT2D eigenvalue weighted by Crippen LogP contribution is 2.29. The van der Waals surface area contributed by atoms with E-state index in [1.54, 1.807) is 0 Å². The molecule has 0 aliphatic heterocycles. The summed E-state index contributed by atoms with van der Waals surface area (Å²) in [5.41, 5.74) is 1.84. The van der Waals surface area contributed by atoms with Crippen LogP contribution in [0.5, 0.6) is 5.75 Å². The lowest BCUT2D eigenvalue weighted by atomic mass is 10.0. The number of amides is 2. The van der Waals surface area contributed by atoms with Crippen LogP contribution in [0.2, 0.25) is 0 Å². The van der Waals surface area contributed by atoms with Gasteiger partial charge < -0.3 is 10.1 Å². The molecule has 0 heterocycles. The molecule has 0 radical (unpaired) electrons. The number of nitrogens with one attached hydrogen (secondary N) is 1. The summed E-state index contributed by atoms with van der Waals surface area (Å²) in [6, 6.07) is 17.5. The van der Waals surface area contributed by atoms with Crippen LogP contribution in [0.4, 0.5) is 10.5 Å². The van der Waals surface area contributed by atoms with E-state index >= 15 is 0 Å². The van der Waals surface area contributed by atoms with Gasteiger partial charge in [-0.3, -0.25) is 0 Å². The summed E-state index contributed by atoms with van der Waals surface area (Å²) in [5, 5.41) is 2.81. The third kappa shape index (κ3) is 5.99. The number of benzene rings is 2. The van der Waals surface area contributed by atoms with Crippen molar-refractivity contribution in [1.29, 1.82) is 0 Å². The topological polar surface area (TPSA) is 41.6 Å². The van der Waals surface area contributed by atoms with Crippen LogP contribution < -0.4 is 14.4 Å².